The highest BCUT2D eigenvalue weighted by Gasteiger charge is 2.41. The number of Topliss-reactive ketones (excluding diaryl/α,β-unsaturated/α-hetero) is 1. The van der Waals surface area contributed by atoms with E-state index in [1.54, 1.807) is 18.4 Å². The van der Waals surface area contributed by atoms with Crippen LogP contribution in [0, 0.1) is 6.92 Å². The minimum atomic E-state index is -0.104. The summed E-state index contributed by atoms with van der Waals surface area (Å²) in [7, 11) is 1.66. The normalized spacial score (nSPS) is 21.1. The van der Waals surface area contributed by atoms with Crippen molar-refractivity contribution in [2.45, 2.75) is 31.6 Å². The van der Waals surface area contributed by atoms with E-state index in [1.807, 2.05) is 36.6 Å². The van der Waals surface area contributed by atoms with Gasteiger partial charge in [0.2, 0.25) is 5.88 Å². The van der Waals surface area contributed by atoms with Crippen molar-refractivity contribution < 1.29 is 14.1 Å². The van der Waals surface area contributed by atoms with E-state index < -0.39 is 0 Å². The van der Waals surface area contributed by atoms with E-state index in [4.69, 9.17) is 9.26 Å². The molecule has 2 aromatic heterocycles. The van der Waals surface area contributed by atoms with Gasteiger partial charge in [-0.1, -0.05) is 17.3 Å². The highest BCUT2D eigenvalue weighted by Crippen LogP contribution is 2.49. The molecule has 3 heterocycles. The summed E-state index contributed by atoms with van der Waals surface area (Å²) in [6.07, 6.45) is 1.28. The molecule has 3 aromatic rings. The van der Waals surface area contributed by atoms with Crippen molar-refractivity contribution in [3.05, 3.63) is 74.7 Å². The predicted octanol–water partition coefficient (Wildman–Crippen LogP) is 5.01. The molecule has 0 spiro atoms. The van der Waals surface area contributed by atoms with Gasteiger partial charge in [0.1, 0.15) is 5.75 Å². The lowest BCUT2D eigenvalue weighted by Crippen LogP contribution is -2.29. The maximum Gasteiger partial charge on any atom is 0.233 e. The van der Waals surface area contributed by atoms with Crippen molar-refractivity contribution >= 4 is 23.0 Å². The van der Waals surface area contributed by atoms with E-state index in [9.17, 15) is 4.79 Å². The summed E-state index contributed by atoms with van der Waals surface area (Å²) in [6.45, 7) is 1.93. The Hall–Kier alpha value is -2.86. The van der Waals surface area contributed by atoms with Gasteiger partial charge in [0.05, 0.1) is 18.4 Å². The average molecular weight is 392 g/mol. The molecule has 0 bridgehead atoms. The standard InChI is InChI=1S/C22H20N2O3S/c1-12-19-20(14-7-8-28-11-14)21-17(23-22(19)27-24-12)9-15(10-18(21)25)13-3-5-16(26-2)6-4-13/h3-8,11,15,20,23H,9-10H2,1-2H3/t15-,20+/m1/s1. The van der Waals surface area contributed by atoms with E-state index in [0.29, 0.717) is 12.3 Å². The average Bonchev–Trinajstić information content (AvgIpc) is 3.37. The van der Waals surface area contributed by atoms with Gasteiger partial charge in [0, 0.05) is 23.6 Å². The number of ketones is 1. The second kappa shape index (κ2) is 6.63. The lowest BCUT2D eigenvalue weighted by molar-refractivity contribution is -0.116. The van der Waals surface area contributed by atoms with Gasteiger partial charge in [-0.3, -0.25) is 4.79 Å². The largest absolute Gasteiger partial charge is 0.497 e. The minimum Gasteiger partial charge on any atom is -0.497 e. The molecule has 1 N–H and O–H groups in total. The minimum absolute atomic E-state index is 0.104. The molecule has 28 heavy (non-hydrogen) atoms. The molecule has 142 valence electrons. The van der Waals surface area contributed by atoms with Crippen LogP contribution in [0.5, 0.6) is 5.75 Å². The first kappa shape index (κ1) is 17.3. The number of aromatic nitrogens is 1. The number of ether oxygens (including phenoxy) is 1. The lowest BCUT2D eigenvalue weighted by Gasteiger charge is -2.34. The zero-order valence-electron chi connectivity index (χ0n) is 15.7. The Morgan fingerprint density at radius 1 is 1.18 bits per heavy atom. The molecule has 0 fully saturated rings. The fourth-order valence-electron chi connectivity index (χ4n) is 4.36. The number of anilines is 1. The Balaban J connectivity index is 1.56. The van der Waals surface area contributed by atoms with Gasteiger partial charge in [-0.25, -0.2) is 0 Å². The Bertz CT molecular complexity index is 1060. The maximum absolute atomic E-state index is 13.3. The molecule has 5 nitrogen and oxygen atoms in total. The molecule has 5 rings (SSSR count). The molecule has 2 atom stereocenters. The highest BCUT2D eigenvalue weighted by molar-refractivity contribution is 7.08. The van der Waals surface area contributed by atoms with Gasteiger partial charge in [0.25, 0.3) is 0 Å². The van der Waals surface area contributed by atoms with Gasteiger partial charge in [-0.2, -0.15) is 11.3 Å². The maximum atomic E-state index is 13.3. The number of aryl methyl sites for hydroxylation is 1. The number of carbonyl (C=O) groups excluding carboxylic acids is 1. The highest BCUT2D eigenvalue weighted by atomic mass is 32.1. The van der Waals surface area contributed by atoms with Crippen molar-refractivity contribution in [1.29, 1.82) is 0 Å². The number of thiophene rings is 1. The van der Waals surface area contributed by atoms with Crippen LogP contribution in [-0.2, 0) is 4.79 Å². The van der Waals surface area contributed by atoms with Crippen LogP contribution in [0.4, 0.5) is 5.88 Å². The molecule has 0 saturated heterocycles. The summed E-state index contributed by atoms with van der Waals surface area (Å²) >= 11 is 1.64. The molecular weight excluding hydrogens is 372 g/mol. The summed E-state index contributed by atoms with van der Waals surface area (Å²) in [5.74, 6) is 1.71. The summed E-state index contributed by atoms with van der Waals surface area (Å²) in [5.41, 5.74) is 5.90. The fourth-order valence-corrected chi connectivity index (χ4v) is 5.04. The fraction of sp³-hybridized carbons (Fsp3) is 0.273. The van der Waals surface area contributed by atoms with Crippen molar-refractivity contribution in [2.24, 2.45) is 0 Å². The molecule has 0 amide bonds. The number of allylic oxidation sites excluding steroid dienone is 2. The zero-order chi connectivity index (χ0) is 19.3. The molecular formula is C22H20N2O3S. The predicted molar refractivity (Wildman–Crippen MR) is 108 cm³/mol. The van der Waals surface area contributed by atoms with Crippen LogP contribution >= 0.6 is 11.3 Å². The third-order valence-corrected chi connectivity index (χ3v) is 6.42. The number of hydrogen-bond acceptors (Lipinski definition) is 6. The number of carbonyl (C=O) groups is 1. The van der Waals surface area contributed by atoms with E-state index in [1.165, 1.54) is 0 Å². The van der Waals surface area contributed by atoms with Crippen LogP contribution in [0.2, 0.25) is 0 Å². The first-order valence-electron chi connectivity index (χ1n) is 9.31. The van der Waals surface area contributed by atoms with Crippen LogP contribution < -0.4 is 10.1 Å². The van der Waals surface area contributed by atoms with Crippen LogP contribution in [0.15, 0.2) is 56.9 Å². The number of nitrogens with one attached hydrogen (secondary N) is 1. The topological polar surface area (TPSA) is 64.4 Å². The molecule has 0 radical (unpaired) electrons. The second-order valence-electron chi connectivity index (χ2n) is 7.32. The van der Waals surface area contributed by atoms with E-state index >= 15 is 0 Å². The smallest absolute Gasteiger partial charge is 0.233 e. The third-order valence-electron chi connectivity index (χ3n) is 5.72. The molecule has 6 heteroatoms. The number of nitrogens with zero attached hydrogens (tertiary/aromatic N) is 1. The number of hydrogen-bond donors (Lipinski definition) is 1. The first-order chi connectivity index (χ1) is 13.7. The molecule has 1 aliphatic carbocycles. The van der Waals surface area contributed by atoms with Gasteiger partial charge in [-0.05, 0) is 59.3 Å². The van der Waals surface area contributed by atoms with Gasteiger partial charge in [-0.15, -0.1) is 0 Å². The van der Waals surface area contributed by atoms with Crippen molar-refractivity contribution in [3.63, 3.8) is 0 Å². The lowest BCUT2D eigenvalue weighted by atomic mass is 9.73. The van der Waals surface area contributed by atoms with Gasteiger partial charge >= 0.3 is 0 Å². The van der Waals surface area contributed by atoms with Gasteiger partial charge in [0.15, 0.2) is 5.78 Å². The third kappa shape index (κ3) is 2.67. The first-order valence-corrected chi connectivity index (χ1v) is 10.3. The summed E-state index contributed by atoms with van der Waals surface area (Å²) < 4.78 is 10.8. The van der Waals surface area contributed by atoms with Crippen molar-refractivity contribution in [2.75, 3.05) is 12.4 Å². The Morgan fingerprint density at radius 3 is 2.71 bits per heavy atom. The Labute approximate surface area is 167 Å². The van der Waals surface area contributed by atoms with E-state index in [0.717, 1.165) is 45.8 Å². The molecule has 0 unspecified atom stereocenters. The molecule has 1 aliphatic heterocycles. The van der Waals surface area contributed by atoms with E-state index in [2.05, 4.69) is 21.9 Å². The monoisotopic (exact) mass is 392 g/mol. The summed E-state index contributed by atoms with van der Waals surface area (Å²) in [5, 5.41) is 11.7. The molecule has 1 aromatic carbocycles. The van der Waals surface area contributed by atoms with Gasteiger partial charge < -0.3 is 14.6 Å². The SMILES string of the molecule is COc1ccc([C@H]2CC(=O)C3=C(C2)Nc2onc(C)c2[C@@H]3c2ccsc2)cc1. The number of benzene rings is 1. The van der Waals surface area contributed by atoms with Crippen molar-refractivity contribution in [3.8, 4) is 5.75 Å². The Morgan fingerprint density at radius 2 is 2.00 bits per heavy atom. The zero-order valence-corrected chi connectivity index (χ0v) is 16.5. The van der Waals surface area contributed by atoms with Crippen LogP contribution in [-0.4, -0.2) is 18.0 Å². The van der Waals surface area contributed by atoms with Crippen LogP contribution in [0.25, 0.3) is 0 Å². The Kier molecular flexibility index (Phi) is 4.09. The van der Waals surface area contributed by atoms with Crippen molar-refractivity contribution in [1.82, 2.24) is 5.16 Å². The summed E-state index contributed by atoms with van der Waals surface area (Å²) in [4.78, 5) is 13.3. The second-order valence-corrected chi connectivity index (χ2v) is 8.10. The number of fused-ring (bicyclic) bond motifs is 1. The van der Waals surface area contributed by atoms with Crippen LogP contribution in [0.3, 0.4) is 0 Å². The quantitative estimate of drug-likeness (QED) is 0.679. The summed E-state index contributed by atoms with van der Waals surface area (Å²) in [6, 6.07) is 10.1. The molecule has 0 saturated carbocycles. The molecule has 2 aliphatic rings. The van der Waals surface area contributed by atoms with Crippen LogP contribution in [0.1, 0.15) is 47.1 Å². The van der Waals surface area contributed by atoms with E-state index in [-0.39, 0.29) is 17.6 Å². The number of rotatable bonds is 3. The number of methoxy groups -OCH3 is 1.